The highest BCUT2D eigenvalue weighted by Crippen LogP contribution is 2.23. The molecule has 0 fully saturated rings. The Morgan fingerprint density at radius 1 is 1.33 bits per heavy atom. The van der Waals surface area contributed by atoms with E-state index in [0.717, 1.165) is 5.56 Å². The van der Waals surface area contributed by atoms with Crippen LogP contribution in [0, 0.1) is 0 Å². The third-order valence-electron chi connectivity index (χ3n) is 2.37. The summed E-state index contributed by atoms with van der Waals surface area (Å²) in [4.78, 5) is 11.5. The van der Waals surface area contributed by atoms with E-state index in [1.165, 1.54) is 0 Å². The maximum atomic E-state index is 11.5. The highest BCUT2D eigenvalue weighted by Gasteiger charge is 2.36. The van der Waals surface area contributed by atoms with Crippen molar-refractivity contribution in [3.05, 3.63) is 48.0 Å². The van der Waals surface area contributed by atoms with Crippen LogP contribution in [-0.2, 0) is 10.3 Å². The summed E-state index contributed by atoms with van der Waals surface area (Å²) in [6.07, 6.45) is 4.98. The molecule has 3 N–H and O–H groups in total. The highest BCUT2D eigenvalue weighted by atomic mass is 16.1. The number of carbonyl (C=O) groups is 1. The summed E-state index contributed by atoms with van der Waals surface area (Å²) < 4.78 is 0. The summed E-state index contributed by atoms with van der Waals surface area (Å²) in [5.74, 6) is -0.471. The number of rotatable bonds is 2. The second kappa shape index (κ2) is 3.57. The number of nitrogens with zero attached hydrogens (tertiary/aromatic N) is 1. The molecule has 1 atom stereocenters. The fraction of sp³-hybridized carbons (Fsp3) is 0.0909. The van der Waals surface area contributed by atoms with Crippen molar-refractivity contribution >= 4 is 12.1 Å². The number of carbonyl (C=O) groups excluding carboxylic acids is 1. The summed E-state index contributed by atoms with van der Waals surface area (Å²) >= 11 is 0. The zero-order valence-corrected chi connectivity index (χ0v) is 8.05. The third kappa shape index (κ3) is 1.50. The summed E-state index contributed by atoms with van der Waals surface area (Å²) in [6.45, 7) is 0. The lowest BCUT2D eigenvalue weighted by atomic mass is 9.89. The van der Waals surface area contributed by atoms with Crippen molar-refractivity contribution in [2.45, 2.75) is 5.54 Å². The molecular weight excluding hydrogens is 190 g/mol. The molecule has 1 aromatic carbocycles. The lowest BCUT2D eigenvalue weighted by Gasteiger charge is -2.28. The Morgan fingerprint density at radius 3 is 2.60 bits per heavy atom. The largest absolute Gasteiger partial charge is 0.367 e. The van der Waals surface area contributed by atoms with Crippen LogP contribution in [0.3, 0.4) is 0 Å². The van der Waals surface area contributed by atoms with E-state index < -0.39 is 11.4 Å². The molecule has 4 nitrogen and oxygen atoms in total. The van der Waals surface area contributed by atoms with E-state index in [-0.39, 0.29) is 0 Å². The first kappa shape index (κ1) is 9.45. The van der Waals surface area contributed by atoms with Gasteiger partial charge < -0.3 is 5.73 Å². The number of hydrogen-bond donors (Lipinski definition) is 2. The molecule has 15 heavy (non-hydrogen) atoms. The normalized spacial score (nSPS) is 23.5. The van der Waals surface area contributed by atoms with Crippen molar-refractivity contribution in [3.63, 3.8) is 0 Å². The molecule has 2 rings (SSSR count). The fourth-order valence-corrected chi connectivity index (χ4v) is 1.55. The number of allylic oxidation sites excluding steroid dienone is 1. The molecule has 0 radical (unpaired) electrons. The van der Waals surface area contributed by atoms with Crippen LogP contribution in [0.25, 0.3) is 0 Å². The summed E-state index contributed by atoms with van der Waals surface area (Å²) in [5.41, 5.74) is 7.93. The number of hydrazone groups is 1. The zero-order chi connectivity index (χ0) is 10.7. The van der Waals surface area contributed by atoms with E-state index in [2.05, 4.69) is 10.5 Å². The van der Waals surface area contributed by atoms with Crippen LogP contribution in [0.4, 0.5) is 0 Å². The standard InChI is InChI=1S/C11H11N3O/c12-10(15)11(7-4-8-13-14-11)9-5-2-1-3-6-9/h1-8,14H,(H2,12,15). The maximum Gasteiger partial charge on any atom is 0.253 e. The number of hydrogen-bond acceptors (Lipinski definition) is 3. The maximum absolute atomic E-state index is 11.5. The van der Waals surface area contributed by atoms with E-state index in [4.69, 9.17) is 5.73 Å². The summed E-state index contributed by atoms with van der Waals surface area (Å²) in [6, 6.07) is 9.27. The van der Waals surface area contributed by atoms with Gasteiger partial charge >= 0.3 is 0 Å². The van der Waals surface area contributed by atoms with Gasteiger partial charge in [-0.25, -0.2) is 0 Å². The Labute approximate surface area is 87.5 Å². The smallest absolute Gasteiger partial charge is 0.253 e. The van der Waals surface area contributed by atoms with Gasteiger partial charge in [0.1, 0.15) is 0 Å². The van der Waals surface area contributed by atoms with Gasteiger partial charge in [-0.1, -0.05) is 30.3 Å². The van der Waals surface area contributed by atoms with E-state index in [1.807, 2.05) is 30.3 Å². The van der Waals surface area contributed by atoms with Crippen molar-refractivity contribution in [1.29, 1.82) is 0 Å². The number of primary amides is 1. The van der Waals surface area contributed by atoms with Crippen molar-refractivity contribution < 1.29 is 4.79 Å². The molecule has 1 unspecified atom stereocenters. The Hall–Kier alpha value is -2.10. The first-order valence-corrected chi connectivity index (χ1v) is 4.59. The van der Waals surface area contributed by atoms with Gasteiger partial charge in [0.05, 0.1) is 0 Å². The van der Waals surface area contributed by atoms with Gasteiger partial charge in [0.25, 0.3) is 5.91 Å². The van der Waals surface area contributed by atoms with Gasteiger partial charge in [-0.15, -0.1) is 0 Å². The van der Waals surface area contributed by atoms with Gasteiger partial charge in [-0.3, -0.25) is 10.2 Å². The Morgan fingerprint density at radius 2 is 2.07 bits per heavy atom. The predicted octanol–water partition coefficient (Wildman–Crippen LogP) is 0.512. The first-order chi connectivity index (χ1) is 7.26. The Kier molecular flexibility index (Phi) is 2.25. The zero-order valence-electron chi connectivity index (χ0n) is 8.05. The van der Waals surface area contributed by atoms with E-state index in [1.54, 1.807) is 18.4 Å². The molecule has 0 bridgehead atoms. The minimum Gasteiger partial charge on any atom is -0.367 e. The molecule has 4 heteroatoms. The van der Waals surface area contributed by atoms with Crippen molar-refractivity contribution in [2.75, 3.05) is 0 Å². The topological polar surface area (TPSA) is 67.5 Å². The fourth-order valence-electron chi connectivity index (χ4n) is 1.55. The molecule has 1 aliphatic rings. The summed E-state index contributed by atoms with van der Waals surface area (Å²) in [7, 11) is 0. The molecule has 76 valence electrons. The van der Waals surface area contributed by atoms with E-state index >= 15 is 0 Å². The molecule has 1 aromatic rings. The van der Waals surface area contributed by atoms with Gasteiger partial charge in [0, 0.05) is 6.21 Å². The highest BCUT2D eigenvalue weighted by molar-refractivity contribution is 5.90. The van der Waals surface area contributed by atoms with Gasteiger partial charge in [-0.2, -0.15) is 5.10 Å². The second-order valence-corrected chi connectivity index (χ2v) is 3.29. The minimum atomic E-state index is -1.02. The number of nitrogens with two attached hydrogens (primary N) is 1. The lowest BCUT2D eigenvalue weighted by Crippen LogP contribution is -2.50. The van der Waals surface area contributed by atoms with E-state index in [0.29, 0.717) is 0 Å². The Bertz CT molecular complexity index is 425. The second-order valence-electron chi connectivity index (χ2n) is 3.29. The molecule has 1 heterocycles. The lowest BCUT2D eigenvalue weighted by molar-refractivity contribution is -0.123. The SMILES string of the molecule is NC(=O)C1(c2ccccc2)C=CC=NN1. The molecule has 0 aromatic heterocycles. The number of nitrogens with one attached hydrogen (secondary N) is 1. The van der Waals surface area contributed by atoms with Crippen molar-refractivity contribution in [3.8, 4) is 0 Å². The monoisotopic (exact) mass is 201 g/mol. The molecule has 0 spiro atoms. The Balaban J connectivity index is 2.49. The van der Waals surface area contributed by atoms with Crippen molar-refractivity contribution in [1.82, 2.24) is 5.43 Å². The molecule has 0 saturated carbocycles. The van der Waals surface area contributed by atoms with Gasteiger partial charge in [-0.05, 0) is 17.7 Å². The van der Waals surface area contributed by atoms with E-state index in [9.17, 15) is 4.79 Å². The number of amides is 1. The average molecular weight is 201 g/mol. The molecular formula is C11H11N3O. The first-order valence-electron chi connectivity index (χ1n) is 4.59. The quantitative estimate of drug-likeness (QED) is 0.732. The van der Waals surface area contributed by atoms with Crippen LogP contribution in [0.1, 0.15) is 5.56 Å². The number of benzene rings is 1. The molecule has 1 aliphatic heterocycles. The van der Waals surface area contributed by atoms with Crippen LogP contribution >= 0.6 is 0 Å². The van der Waals surface area contributed by atoms with Crippen LogP contribution in [0.2, 0.25) is 0 Å². The molecule has 0 saturated heterocycles. The minimum absolute atomic E-state index is 0.471. The third-order valence-corrected chi connectivity index (χ3v) is 2.37. The van der Waals surface area contributed by atoms with Crippen LogP contribution in [-0.4, -0.2) is 12.1 Å². The summed E-state index contributed by atoms with van der Waals surface area (Å²) in [5, 5.41) is 3.87. The molecule has 1 amide bonds. The van der Waals surface area contributed by atoms with Crippen LogP contribution in [0.15, 0.2) is 47.6 Å². The van der Waals surface area contributed by atoms with Gasteiger partial charge in [0.2, 0.25) is 0 Å². The molecule has 0 aliphatic carbocycles. The van der Waals surface area contributed by atoms with Crippen molar-refractivity contribution in [2.24, 2.45) is 10.8 Å². The average Bonchev–Trinajstić information content (AvgIpc) is 2.31. The predicted molar refractivity (Wildman–Crippen MR) is 58.1 cm³/mol. The van der Waals surface area contributed by atoms with Gasteiger partial charge in [0.15, 0.2) is 5.54 Å². The van der Waals surface area contributed by atoms with Crippen LogP contribution in [0.5, 0.6) is 0 Å². The van der Waals surface area contributed by atoms with Crippen LogP contribution < -0.4 is 11.2 Å².